The van der Waals surface area contributed by atoms with Gasteiger partial charge in [0.15, 0.2) is 0 Å². The summed E-state index contributed by atoms with van der Waals surface area (Å²) in [7, 11) is 0. The zero-order chi connectivity index (χ0) is 19.8. The lowest BCUT2D eigenvalue weighted by molar-refractivity contribution is 0.256. The van der Waals surface area contributed by atoms with Crippen LogP contribution >= 0.6 is 11.3 Å². The first-order chi connectivity index (χ1) is 14.2. The molecule has 6 nitrogen and oxygen atoms in total. The number of amides is 2. The molecule has 29 heavy (non-hydrogen) atoms. The van der Waals surface area contributed by atoms with Gasteiger partial charge in [-0.3, -0.25) is 9.88 Å². The minimum absolute atomic E-state index is 0.284. The van der Waals surface area contributed by atoms with Crippen LogP contribution in [0.4, 0.5) is 26.4 Å². The van der Waals surface area contributed by atoms with Crippen molar-refractivity contribution < 1.29 is 9.18 Å². The molecule has 0 atom stereocenters. The first-order valence-electron chi connectivity index (χ1n) is 9.71. The molecule has 1 N–H and O–H groups in total. The molecule has 0 unspecified atom stereocenters. The lowest BCUT2D eigenvalue weighted by atomic mass is 10.1. The number of carbonyl (C=O) groups is 1. The Morgan fingerprint density at radius 1 is 1.10 bits per heavy atom. The van der Waals surface area contributed by atoms with Crippen molar-refractivity contribution in [2.45, 2.75) is 25.8 Å². The second-order valence-corrected chi connectivity index (χ2v) is 8.13. The molecule has 0 saturated carbocycles. The van der Waals surface area contributed by atoms with E-state index in [2.05, 4.69) is 20.2 Å². The topological polar surface area (TPSA) is 61.4 Å². The normalized spacial score (nSPS) is 16.5. The molecular weight excluding hydrogens is 389 g/mol. The maximum atomic E-state index is 14.7. The highest BCUT2D eigenvalue weighted by Gasteiger charge is 2.28. The minimum atomic E-state index is -0.297. The van der Waals surface area contributed by atoms with Crippen LogP contribution in [-0.4, -0.2) is 29.1 Å². The van der Waals surface area contributed by atoms with Crippen molar-refractivity contribution in [3.8, 4) is 10.6 Å². The van der Waals surface area contributed by atoms with Gasteiger partial charge in [0.05, 0.1) is 17.9 Å². The summed E-state index contributed by atoms with van der Waals surface area (Å²) in [5.41, 5.74) is 3.01. The Balaban J connectivity index is 1.44. The van der Waals surface area contributed by atoms with Gasteiger partial charge >= 0.3 is 6.03 Å². The van der Waals surface area contributed by atoms with Gasteiger partial charge < -0.3 is 10.2 Å². The highest BCUT2D eigenvalue weighted by Crippen LogP contribution is 2.35. The number of carbonyl (C=O) groups excluding carboxylic acids is 1. The summed E-state index contributed by atoms with van der Waals surface area (Å²) >= 11 is 1.48. The van der Waals surface area contributed by atoms with Crippen LogP contribution in [0.15, 0.2) is 42.0 Å². The van der Waals surface area contributed by atoms with E-state index in [0.29, 0.717) is 23.7 Å². The molecule has 0 spiro atoms. The van der Waals surface area contributed by atoms with Crippen molar-refractivity contribution in [1.29, 1.82) is 0 Å². The smallest absolute Gasteiger partial charge is 0.327 e. The number of aromatic nitrogens is 2. The zero-order valence-corrected chi connectivity index (χ0v) is 16.6. The summed E-state index contributed by atoms with van der Waals surface area (Å²) in [6, 6.07) is 6.80. The molecule has 148 valence electrons. The minimum Gasteiger partial charge on any atom is -0.369 e. The average Bonchev–Trinajstić information content (AvgIpc) is 3.24. The summed E-state index contributed by atoms with van der Waals surface area (Å²) in [5, 5.41) is 5.51. The third kappa shape index (κ3) is 3.44. The standard InChI is InChI=1S/C21H20FN5OS/c22-16-11-17-15(10-18(16)26-8-2-1-3-9-26)12-27(21(28)24-17)19-13-29-20(25-19)14-4-6-23-7-5-14/h4-7,10-11,13H,1-3,8-9,12H2,(H,24,28). The van der Waals surface area contributed by atoms with Crippen LogP contribution < -0.4 is 15.1 Å². The predicted molar refractivity (Wildman–Crippen MR) is 113 cm³/mol. The Morgan fingerprint density at radius 2 is 1.90 bits per heavy atom. The second-order valence-electron chi connectivity index (χ2n) is 7.27. The number of pyridine rings is 1. The fourth-order valence-electron chi connectivity index (χ4n) is 3.86. The van der Waals surface area contributed by atoms with E-state index >= 15 is 0 Å². The van der Waals surface area contributed by atoms with E-state index in [1.54, 1.807) is 17.3 Å². The van der Waals surface area contributed by atoms with Gasteiger partial charge in [0.25, 0.3) is 0 Å². The Kier molecular flexibility index (Phi) is 4.63. The van der Waals surface area contributed by atoms with Gasteiger partial charge in [0, 0.05) is 36.4 Å². The predicted octanol–water partition coefficient (Wildman–Crippen LogP) is 4.89. The number of piperidine rings is 1. The fourth-order valence-corrected chi connectivity index (χ4v) is 4.67. The SMILES string of the molecule is O=C1Nc2cc(F)c(N3CCCCC3)cc2CN1c1csc(-c2ccncc2)n1. The van der Waals surface area contributed by atoms with E-state index in [1.807, 2.05) is 23.6 Å². The molecular formula is C21H20FN5OS. The average molecular weight is 409 g/mol. The molecule has 8 heteroatoms. The number of halogens is 1. The van der Waals surface area contributed by atoms with Gasteiger partial charge in [0.1, 0.15) is 16.6 Å². The number of hydrogen-bond donors (Lipinski definition) is 1. The molecule has 0 radical (unpaired) electrons. The molecule has 3 aromatic rings. The van der Waals surface area contributed by atoms with Crippen molar-refractivity contribution in [1.82, 2.24) is 9.97 Å². The number of thiazole rings is 1. The molecule has 4 heterocycles. The van der Waals surface area contributed by atoms with Crippen molar-refractivity contribution >= 4 is 34.6 Å². The monoisotopic (exact) mass is 409 g/mol. The number of nitrogens with one attached hydrogen (secondary N) is 1. The maximum Gasteiger partial charge on any atom is 0.327 e. The largest absolute Gasteiger partial charge is 0.369 e. The Labute approximate surface area is 172 Å². The van der Waals surface area contributed by atoms with E-state index in [0.717, 1.165) is 42.1 Å². The Morgan fingerprint density at radius 3 is 2.69 bits per heavy atom. The molecule has 2 aliphatic rings. The molecule has 2 aromatic heterocycles. The molecule has 0 bridgehead atoms. The van der Waals surface area contributed by atoms with E-state index < -0.39 is 0 Å². The number of nitrogens with zero attached hydrogens (tertiary/aromatic N) is 4. The lowest BCUT2D eigenvalue weighted by Gasteiger charge is -2.32. The van der Waals surface area contributed by atoms with Crippen LogP contribution in [0, 0.1) is 5.82 Å². The van der Waals surface area contributed by atoms with E-state index in [1.165, 1.54) is 23.8 Å². The van der Waals surface area contributed by atoms with Gasteiger partial charge in [-0.25, -0.2) is 14.2 Å². The van der Waals surface area contributed by atoms with Gasteiger partial charge in [-0.1, -0.05) is 0 Å². The van der Waals surface area contributed by atoms with E-state index in [-0.39, 0.29) is 11.8 Å². The van der Waals surface area contributed by atoms with Crippen molar-refractivity contribution in [3.05, 3.63) is 53.4 Å². The summed E-state index contributed by atoms with van der Waals surface area (Å²) in [5.74, 6) is 0.307. The first kappa shape index (κ1) is 18.1. The van der Waals surface area contributed by atoms with E-state index in [9.17, 15) is 9.18 Å². The Bertz CT molecular complexity index is 1050. The van der Waals surface area contributed by atoms with Gasteiger partial charge in [-0.15, -0.1) is 11.3 Å². The van der Waals surface area contributed by atoms with Crippen molar-refractivity contribution in [2.24, 2.45) is 0 Å². The van der Waals surface area contributed by atoms with Gasteiger partial charge in [0.2, 0.25) is 0 Å². The van der Waals surface area contributed by atoms with Crippen molar-refractivity contribution in [3.63, 3.8) is 0 Å². The molecule has 0 aliphatic carbocycles. The maximum absolute atomic E-state index is 14.7. The second kappa shape index (κ2) is 7.44. The van der Waals surface area contributed by atoms with Crippen molar-refractivity contribution in [2.75, 3.05) is 28.2 Å². The summed E-state index contributed by atoms with van der Waals surface area (Å²) in [6.07, 6.45) is 6.79. The highest BCUT2D eigenvalue weighted by molar-refractivity contribution is 7.13. The van der Waals surface area contributed by atoms with Crippen LogP contribution in [0.3, 0.4) is 0 Å². The summed E-state index contributed by atoms with van der Waals surface area (Å²) < 4.78 is 14.7. The number of rotatable bonds is 3. The van der Waals surface area contributed by atoms with Crippen LogP contribution in [-0.2, 0) is 6.54 Å². The molecule has 1 saturated heterocycles. The number of fused-ring (bicyclic) bond motifs is 1. The van der Waals surface area contributed by atoms with Crippen LogP contribution in [0.25, 0.3) is 10.6 Å². The lowest BCUT2D eigenvalue weighted by Crippen LogP contribution is -2.39. The third-order valence-corrected chi connectivity index (χ3v) is 6.26. The summed E-state index contributed by atoms with van der Waals surface area (Å²) in [4.78, 5) is 25.0. The Hall–Kier alpha value is -3.00. The fraction of sp³-hybridized carbons (Fsp3) is 0.286. The molecule has 5 rings (SSSR count). The number of anilines is 3. The van der Waals surface area contributed by atoms with E-state index in [4.69, 9.17) is 0 Å². The summed E-state index contributed by atoms with van der Waals surface area (Å²) in [6.45, 7) is 2.10. The molecule has 1 fully saturated rings. The molecule has 2 aliphatic heterocycles. The number of urea groups is 1. The first-order valence-corrected chi connectivity index (χ1v) is 10.6. The van der Waals surface area contributed by atoms with Gasteiger partial charge in [-0.05, 0) is 49.1 Å². The molecule has 1 aromatic carbocycles. The van der Waals surface area contributed by atoms with Crippen LogP contribution in [0.1, 0.15) is 24.8 Å². The number of benzene rings is 1. The van der Waals surface area contributed by atoms with Crippen LogP contribution in [0.2, 0.25) is 0 Å². The quantitative estimate of drug-likeness (QED) is 0.669. The zero-order valence-electron chi connectivity index (χ0n) is 15.8. The number of hydrogen-bond acceptors (Lipinski definition) is 5. The molecule has 2 amide bonds. The third-order valence-electron chi connectivity index (χ3n) is 5.38. The van der Waals surface area contributed by atoms with Crippen LogP contribution in [0.5, 0.6) is 0 Å². The highest BCUT2D eigenvalue weighted by atomic mass is 32.1. The van der Waals surface area contributed by atoms with Gasteiger partial charge in [-0.2, -0.15) is 0 Å².